The lowest BCUT2D eigenvalue weighted by atomic mass is 10.0. The van der Waals surface area contributed by atoms with Crippen molar-refractivity contribution in [1.82, 2.24) is 9.34 Å². The van der Waals surface area contributed by atoms with E-state index < -0.39 is 12.5 Å². The van der Waals surface area contributed by atoms with Gasteiger partial charge in [-0.1, -0.05) is 13.8 Å². The lowest BCUT2D eigenvalue weighted by Crippen LogP contribution is -2.42. The summed E-state index contributed by atoms with van der Waals surface area (Å²) in [6, 6.07) is 6.24. The van der Waals surface area contributed by atoms with Gasteiger partial charge in [-0.2, -0.15) is 0 Å². The van der Waals surface area contributed by atoms with E-state index >= 15 is 0 Å². The fourth-order valence-electron chi connectivity index (χ4n) is 3.68. The summed E-state index contributed by atoms with van der Waals surface area (Å²) in [6.07, 6.45) is 4.21. The monoisotopic (exact) mass is 380 g/mol. The van der Waals surface area contributed by atoms with Crippen LogP contribution in [0.25, 0.3) is 0 Å². The van der Waals surface area contributed by atoms with Crippen LogP contribution in [0.5, 0.6) is 0 Å². The molecule has 0 unspecified atom stereocenters. The molecule has 0 amide bonds. The van der Waals surface area contributed by atoms with Gasteiger partial charge in [0.1, 0.15) is 0 Å². The van der Waals surface area contributed by atoms with Crippen molar-refractivity contribution in [2.75, 3.05) is 31.3 Å². The van der Waals surface area contributed by atoms with Crippen LogP contribution in [0.15, 0.2) is 24.3 Å². The third kappa shape index (κ3) is 4.27. The molecule has 2 aliphatic rings. The Labute approximate surface area is 155 Å². The van der Waals surface area contributed by atoms with Crippen LogP contribution >= 0.6 is 7.59 Å². The molecule has 1 aromatic carbocycles. The molecule has 0 aromatic heterocycles. The van der Waals surface area contributed by atoms with E-state index in [-0.39, 0.29) is 5.69 Å². The lowest BCUT2D eigenvalue weighted by molar-refractivity contribution is -0.384. The molecule has 2 saturated heterocycles. The highest BCUT2D eigenvalue weighted by molar-refractivity contribution is 7.60. The first-order valence-corrected chi connectivity index (χ1v) is 11.1. The van der Waals surface area contributed by atoms with Gasteiger partial charge < -0.3 is 5.09 Å². The van der Waals surface area contributed by atoms with Gasteiger partial charge in [0, 0.05) is 44.0 Å². The van der Waals surface area contributed by atoms with Gasteiger partial charge in [0.15, 0.2) is 0 Å². The van der Waals surface area contributed by atoms with Gasteiger partial charge in [-0.25, -0.2) is 9.34 Å². The van der Waals surface area contributed by atoms with Crippen LogP contribution in [0.1, 0.15) is 39.5 Å². The summed E-state index contributed by atoms with van der Waals surface area (Å²) in [5, 5.41) is 14.1. The van der Waals surface area contributed by atoms with Crippen molar-refractivity contribution in [2.24, 2.45) is 11.8 Å². The molecule has 1 aromatic rings. The van der Waals surface area contributed by atoms with Crippen LogP contribution in [0, 0.1) is 22.0 Å². The summed E-state index contributed by atoms with van der Waals surface area (Å²) in [5.41, 5.74) is 0.722. The Bertz CT molecular complexity index is 640. The van der Waals surface area contributed by atoms with Crippen molar-refractivity contribution in [3.8, 4) is 0 Å². The summed E-state index contributed by atoms with van der Waals surface area (Å²) >= 11 is 0. The number of non-ortho nitro benzene ring substituents is 1. The molecule has 2 aliphatic heterocycles. The van der Waals surface area contributed by atoms with Crippen LogP contribution in [0.3, 0.4) is 0 Å². The van der Waals surface area contributed by atoms with Crippen LogP contribution in [0.2, 0.25) is 0 Å². The van der Waals surface area contributed by atoms with E-state index in [4.69, 9.17) is 0 Å². The molecule has 2 heterocycles. The van der Waals surface area contributed by atoms with Crippen LogP contribution in [0.4, 0.5) is 11.4 Å². The number of benzene rings is 1. The Kier molecular flexibility index (Phi) is 6.00. The second-order valence-electron chi connectivity index (χ2n) is 7.73. The molecule has 0 bridgehead atoms. The quantitative estimate of drug-likeness (QED) is 0.458. The Morgan fingerprint density at radius 2 is 1.38 bits per heavy atom. The summed E-state index contributed by atoms with van der Waals surface area (Å²) in [4.78, 5) is 10.5. The van der Waals surface area contributed by atoms with Crippen molar-refractivity contribution in [2.45, 2.75) is 39.5 Å². The van der Waals surface area contributed by atoms with Crippen molar-refractivity contribution >= 4 is 19.0 Å². The van der Waals surface area contributed by atoms with E-state index in [9.17, 15) is 14.7 Å². The van der Waals surface area contributed by atoms with E-state index in [1.807, 2.05) is 0 Å². The number of nitro benzene ring substituents is 1. The predicted molar refractivity (Wildman–Crippen MR) is 104 cm³/mol. The van der Waals surface area contributed by atoms with Gasteiger partial charge in [0.2, 0.25) is 0 Å². The van der Waals surface area contributed by atoms with Gasteiger partial charge in [0.25, 0.3) is 5.69 Å². The largest absolute Gasteiger partial charge is 0.313 e. The Morgan fingerprint density at radius 3 is 1.77 bits per heavy atom. The van der Waals surface area contributed by atoms with Gasteiger partial charge in [-0.3, -0.25) is 14.7 Å². The molecule has 0 aliphatic carbocycles. The molecule has 2 fully saturated rings. The minimum atomic E-state index is -2.94. The molecule has 0 radical (unpaired) electrons. The van der Waals surface area contributed by atoms with Gasteiger partial charge in [-0.05, 0) is 49.7 Å². The number of hydrogen-bond acceptors (Lipinski definition) is 3. The van der Waals surface area contributed by atoms with Crippen LogP contribution < -0.4 is 5.09 Å². The number of nitro groups is 1. The molecule has 8 heteroatoms. The molecular formula is C18H29N4O3P. The smallest absolute Gasteiger partial charge is 0.308 e. The van der Waals surface area contributed by atoms with Gasteiger partial charge in [0.05, 0.1) is 4.92 Å². The Hall–Kier alpha value is -1.43. The van der Waals surface area contributed by atoms with Crippen molar-refractivity contribution < 1.29 is 9.49 Å². The highest BCUT2D eigenvalue weighted by Crippen LogP contribution is 2.55. The highest BCUT2D eigenvalue weighted by atomic mass is 31.2. The maximum absolute atomic E-state index is 14.1. The van der Waals surface area contributed by atoms with Crippen LogP contribution in [-0.4, -0.2) is 40.4 Å². The number of anilines is 1. The second-order valence-corrected chi connectivity index (χ2v) is 10.2. The second kappa shape index (κ2) is 8.07. The van der Waals surface area contributed by atoms with Gasteiger partial charge in [-0.15, -0.1) is 0 Å². The first-order chi connectivity index (χ1) is 12.4. The Balaban J connectivity index is 1.82. The van der Waals surface area contributed by atoms with Crippen molar-refractivity contribution in [3.05, 3.63) is 34.4 Å². The van der Waals surface area contributed by atoms with E-state index in [0.717, 1.165) is 51.9 Å². The zero-order valence-corrected chi connectivity index (χ0v) is 16.5. The van der Waals surface area contributed by atoms with E-state index in [1.165, 1.54) is 12.1 Å². The van der Waals surface area contributed by atoms with Crippen molar-refractivity contribution in [3.63, 3.8) is 0 Å². The van der Waals surface area contributed by atoms with Crippen molar-refractivity contribution in [1.29, 1.82) is 0 Å². The molecule has 3 rings (SSSR count). The first-order valence-electron chi connectivity index (χ1n) is 9.52. The number of rotatable bonds is 5. The standard InChI is InChI=1S/C18H29N4O3P/c1-15-7-11-20(12-8-15)26(25,21-13-9-16(2)10-14-21)19-17-3-5-18(6-4-17)22(23)24/h3-6,15-16H,7-14H2,1-2H3,(H,19,25). The normalized spacial score (nSPS) is 21.6. The fraction of sp³-hybridized carbons (Fsp3) is 0.667. The van der Waals surface area contributed by atoms with Gasteiger partial charge >= 0.3 is 7.59 Å². The third-order valence-electron chi connectivity index (χ3n) is 5.64. The SMILES string of the molecule is CC1CCN(P(=O)(Nc2ccc([N+](=O)[O-])cc2)N2CCC(C)CC2)CC1. The molecule has 0 spiro atoms. The van der Waals surface area contributed by atoms with E-state index in [1.54, 1.807) is 12.1 Å². The number of nitrogens with one attached hydrogen (secondary N) is 1. The topological polar surface area (TPSA) is 78.7 Å². The predicted octanol–water partition coefficient (Wildman–Crippen LogP) is 4.58. The number of nitrogens with zero attached hydrogens (tertiary/aromatic N) is 3. The maximum Gasteiger partial charge on any atom is 0.308 e. The molecule has 26 heavy (non-hydrogen) atoms. The molecular weight excluding hydrogens is 351 g/mol. The number of piperidine rings is 2. The van der Waals surface area contributed by atoms with E-state index in [2.05, 4.69) is 28.3 Å². The summed E-state index contributed by atoms with van der Waals surface area (Å²) in [5.74, 6) is 1.33. The lowest BCUT2D eigenvalue weighted by Gasteiger charge is -2.44. The average Bonchev–Trinajstić information content (AvgIpc) is 2.63. The number of hydrogen-bond donors (Lipinski definition) is 1. The molecule has 1 N–H and O–H groups in total. The molecule has 0 saturated carbocycles. The first kappa shape index (κ1) is 19.3. The minimum Gasteiger partial charge on any atom is -0.313 e. The zero-order chi connectivity index (χ0) is 18.7. The maximum atomic E-state index is 14.1. The zero-order valence-electron chi connectivity index (χ0n) is 15.6. The van der Waals surface area contributed by atoms with Crippen LogP contribution in [-0.2, 0) is 4.57 Å². The molecule has 0 atom stereocenters. The Morgan fingerprint density at radius 1 is 0.962 bits per heavy atom. The third-order valence-corrected chi connectivity index (χ3v) is 8.52. The summed E-state index contributed by atoms with van der Waals surface area (Å²) in [6.45, 7) is 7.78. The average molecular weight is 380 g/mol. The highest BCUT2D eigenvalue weighted by Gasteiger charge is 2.40. The van der Waals surface area contributed by atoms with E-state index in [0.29, 0.717) is 17.5 Å². The molecule has 144 valence electrons. The molecule has 7 nitrogen and oxygen atoms in total. The summed E-state index contributed by atoms with van der Waals surface area (Å²) in [7, 11) is -2.94. The summed E-state index contributed by atoms with van der Waals surface area (Å²) < 4.78 is 18.4. The minimum absolute atomic E-state index is 0.0453. The fourth-order valence-corrected chi connectivity index (χ4v) is 6.35.